The van der Waals surface area contributed by atoms with E-state index in [0.29, 0.717) is 15.7 Å². The fourth-order valence-electron chi connectivity index (χ4n) is 3.76. The quantitative estimate of drug-likeness (QED) is 0.747. The van der Waals surface area contributed by atoms with Crippen LogP contribution in [0.2, 0.25) is 10.0 Å². The predicted octanol–water partition coefficient (Wildman–Crippen LogP) is 5.29. The minimum absolute atomic E-state index is 0.0645. The number of fused-ring (bicyclic) bond motifs is 4. The molecule has 23 heavy (non-hydrogen) atoms. The topological polar surface area (TPSA) is 32.3 Å². The van der Waals surface area contributed by atoms with Gasteiger partial charge in [0.15, 0.2) is 0 Å². The first-order chi connectivity index (χ1) is 11.1. The normalized spacial score (nSPS) is 21.9. The summed E-state index contributed by atoms with van der Waals surface area (Å²) in [6, 6.07) is 14.0. The lowest BCUT2D eigenvalue weighted by Crippen LogP contribution is -2.44. The van der Waals surface area contributed by atoms with Crippen LogP contribution in [0.5, 0.6) is 0 Å². The molecule has 4 rings (SSSR count). The number of benzene rings is 2. The molecule has 0 unspecified atom stereocenters. The fraction of sp³-hybridized carbons (Fsp3) is 0.278. The van der Waals surface area contributed by atoms with Crippen molar-refractivity contribution in [2.24, 2.45) is 0 Å². The van der Waals surface area contributed by atoms with Crippen molar-refractivity contribution in [3.8, 4) is 0 Å². The van der Waals surface area contributed by atoms with Crippen molar-refractivity contribution >= 4 is 34.9 Å². The van der Waals surface area contributed by atoms with E-state index in [0.717, 1.165) is 19.3 Å². The highest BCUT2D eigenvalue weighted by atomic mass is 35.5. The summed E-state index contributed by atoms with van der Waals surface area (Å²) in [4.78, 5) is 14.8. The number of rotatable bonds is 1. The van der Waals surface area contributed by atoms with Gasteiger partial charge in [0.2, 0.25) is 0 Å². The van der Waals surface area contributed by atoms with Gasteiger partial charge in [0.05, 0.1) is 16.1 Å². The van der Waals surface area contributed by atoms with Crippen LogP contribution in [-0.4, -0.2) is 17.0 Å². The number of carbonyl (C=O) groups excluding carboxylic acids is 1. The Morgan fingerprint density at radius 2 is 1.91 bits per heavy atom. The third kappa shape index (κ3) is 2.58. The molecule has 2 aromatic carbocycles. The van der Waals surface area contributed by atoms with E-state index in [9.17, 15) is 4.79 Å². The molecule has 3 nitrogen and oxygen atoms in total. The number of anilines is 1. The van der Waals surface area contributed by atoms with Crippen molar-refractivity contribution in [1.82, 2.24) is 4.90 Å². The molecule has 0 saturated carbocycles. The molecule has 0 aliphatic carbocycles. The Morgan fingerprint density at radius 3 is 2.74 bits per heavy atom. The zero-order valence-corrected chi connectivity index (χ0v) is 13.9. The van der Waals surface area contributed by atoms with Crippen LogP contribution >= 0.6 is 23.2 Å². The summed E-state index contributed by atoms with van der Waals surface area (Å²) in [6.07, 6.45) is 3.01. The lowest BCUT2D eigenvalue weighted by atomic mass is 9.93. The van der Waals surface area contributed by atoms with Gasteiger partial charge in [-0.2, -0.15) is 0 Å². The van der Waals surface area contributed by atoms with Gasteiger partial charge in [-0.05, 0) is 48.6 Å². The van der Waals surface area contributed by atoms with Crippen LogP contribution < -0.4 is 5.32 Å². The number of nitrogens with one attached hydrogen (secondary N) is 1. The zero-order valence-electron chi connectivity index (χ0n) is 12.4. The monoisotopic (exact) mass is 346 g/mol. The molecule has 2 amide bonds. The molecular formula is C18H16Cl2N2O. The van der Waals surface area contributed by atoms with Gasteiger partial charge in [-0.1, -0.05) is 47.5 Å². The van der Waals surface area contributed by atoms with Crippen molar-refractivity contribution in [3.05, 3.63) is 63.6 Å². The van der Waals surface area contributed by atoms with Gasteiger partial charge in [-0.15, -0.1) is 0 Å². The van der Waals surface area contributed by atoms with Crippen molar-refractivity contribution in [1.29, 1.82) is 0 Å². The molecule has 5 heteroatoms. The lowest BCUT2D eigenvalue weighted by Gasteiger charge is -2.36. The average molecular weight is 347 g/mol. The van der Waals surface area contributed by atoms with E-state index in [4.69, 9.17) is 23.2 Å². The molecule has 118 valence electrons. The van der Waals surface area contributed by atoms with Crippen LogP contribution in [0.1, 0.15) is 30.0 Å². The highest BCUT2D eigenvalue weighted by Crippen LogP contribution is 2.43. The fourth-order valence-corrected chi connectivity index (χ4v) is 4.06. The van der Waals surface area contributed by atoms with Crippen LogP contribution in [0.25, 0.3) is 0 Å². The van der Waals surface area contributed by atoms with Crippen LogP contribution in [0.15, 0.2) is 42.5 Å². The molecular weight excluding hydrogens is 331 g/mol. The molecule has 1 saturated heterocycles. The number of amides is 2. The second-order valence-electron chi connectivity index (χ2n) is 6.12. The predicted molar refractivity (Wildman–Crippen MR) is 93.2 cm³/mol. The van der Waals surface area contributed by atoms with Crippen molar-refractivity contribution in [2.45, 2.75) is 31.3 Å². The standard InChI is InChI=1S/C18H16Cl2N2O/c19-15-7-5-12(10-16(15)20)21-18(23)22-13-6-8-17(22)14-4-2-1-3-11(14)9-13/h1-5,7,10,13,17H,6,8-9H2,(H,21,23)/t13-,17+/m1/s1. The molecule has 2 atom stereocenters. The lowest BCUT2D eigenvalue weighted by molar-refractivity contribution is 0.179. The Balaban J connectivity index is 1.59. The number of carbonyl (C=O) groups is 1. The summed E-state index contributed by atoms with van der Waals surface area (Å²) < 4.78 is 0. The highest BCUT2D eigenvalue weighted by Gasteiger charge is 2.42. The maximum Gasteiger partial charge on any atom is 0.322 e. The number of nitrogens with zero attached hydrogens (tertiary/aromatic N) is 1. The summed E-state index contributed by atoms with van der Waals surface area (Å²) in [5, 5.41) is 3.88. The Bertz CT molecular complexity index is 777. The van der Waals surface area contributed by atoms with Crippen LogP contribution in [0.3, 0.4) is 0 Å². The van der Waals surface area contributed by atoms with Crippen molar-refractivity contribution < 1.29 is 4.79 Å². The number of urea groups is 1. The number of halogens is 2. The molecule has 1 N–H and O–H groups in total. The molecule has 0 spiro atoms. The first kappa shape index (κ1) is 14.9. The summed E-state index contributed by atoms with van der Waals surface area (Å²) in [7, 11) is 0. The van der Waals surface area contributed by atoms with Gasteiger partial charge in [0.25, 0.3) is 0 Å². The summed E-state index contributed by atoms with van der Waals surface area (Å²) in [6.45, 7) is 0. The van der Waals surface area contributed by atoms with E-state index in [1.165, 1.54) is 11.1 Å². The van der Waals surface area contributed by atoms with E-state index in [2.05, 4.69) is 23.5 Å². The van der Waals surface area contributed by atoms with E-state index < -0.39 is 0 Å². The van der Waals surface area contributed by atoms with E-state index in [-0.39, 0.29) is 18.1 Å². The summed E-state index contributed by atoms with van der Waals surface area (Å²) >= 11 is 11.9. The summed E-state index contributed by atoms with van der Waals surface area (Å²) in [5.74, 6) is 0. The largest absolute Gasteiger partial charge is 0.322 e. The minimum atomic E-state index is -0.0645. The summed E-state index contributed by atoms with van der Waals surface area (Å²) in [5.41, 5.74) is 3.33. The Morgan fingerprint density at radius 1 is 1.09 bits per heavy atom. The van der Waals surface area contributed by atoms with Crippen molar-refractivity contribution in [3.63, 3.8) is 0 Å². The van der Waals surface area contributed by atoms with Gasteiger partial charge in [0.1, 0.15) is 0 Å². The molecule has 2 bridgehead atoms. The Labute approximate surface area is 145 Å². The van der Waals surface area contributed by atoms with Crippen LogP contribution in [0, 0.1) is 0 Å². The Kier molecular flexibility index (Phi) is 3.70. The molecule has 0 aromatic heterocycles. The molecule has 2 aliphatic heterocycles. The average Bonchev–Trinajstić information content (AvgIpc) is 2.86. The van der Waals surface area contributed by atoms with Crippen LogP contribution in [0.4, 0.5) is 10.5 Å². The van der Waals surface area contributed by atoms with Crippen LogP contribution in [-0.2, 0) is 6.42 Å². The zero-order chi connectivity index (χ0) is 16.0. The van der Waals surface area contributed by atoms with E-state index in [1.54, 1.807) is 18.2 Å². The minimum Gasteiger partial charge on any atom is -0.314 e. The first-order valence-corrected chi connectivity index (χ1v) is 8.51. The highest BCUT2D eigenvalue weighted by molar-refractivity contribution is 6.42. The Hall–Kier alpha value is -1.71. The maximum atomic E-state index is 12.8. The van der Waals surface area contributed by atoms with E-state index in [1.807, 2.05) is 11.0 Å². The van der Waals surface area contributed by atoms with Gasteiger partial charge in [0, 0.05) is 11.7 Å². The van der Waals surface area contributed by atoms with Gasteiger partial charge in [-0.25, -0.2) is 4.79 Å². The molecule has 2 heterocycles. The molecule has 2 aromatic rings. The second kappa shape index (κ2) is 5.73. The number of hydrogen-bond acceptors (Lipinski definition) is 1. The smallest absolute Gasteiger partial charge is 0.314 e. The van der Waals surface area contributed by atoms with Gasteiger partial charge < -0.3 is 10.2 Å². The molecule has 1 fully saturated rings. The van der Waals surface area contributed by atoms with Crippen molar-refractivity contribution in [2.75, 3.05) is 5.32 Å². The first-order valence-electron chi connectivity index (χ1n) is 7.75. The number of hydrogen-bond donors (Lipinski definition) is 1. The van der Waals surface area contributed by atoms with Gasteiger partial charge in [-0.3, -0.25) is 0 Å². The van der Waals surface area contributed by atoms with Gasteiger partial charge >= 0.3 is 6.03 Å². The SMILES string of the molecule is O=C(Nc1ccc(Cl)c(Cl)c1)N1[C@@H]2CC[C@H]1c1ccccc1C2. The molecule has 2 aliphatic rings. The second-order valence-corrected chi connectivity index (χ2v) is 6.93. The molecule has 0 radical (unpaired) electrons. The maximum absolute atomic E-state index is 12.8. The third-order valence-corrected chi connectivity index (χ3v) is 5.52. The third-order valence-electron chi connectivity index (χ3n) is 4.78. The van der Waals surface area contributed by atoms with E-state index >= 15 is 0 Å².